The number of carbonyl (C=O) groups is 1. The van der Waals surface area contributed by atoms with E-state index in [0.29, 0.717) is 5.56 Å². The Hall–Kier alpha value is -2.44. The predicted molar refractivity (Wildman–Crippen MR) is 102 cm³/mol. The third kappa shape index (κ3) is 5.28. The van der Waals surface area contributed by atoms with Gasteiger partial charge in [-0.3, -0.25) is 19.4 Å². The van der Waals surface area contributed by atoms with Gasteiger partial charge in [-0.1, -0.05) is 30.3 Å². The van der Waals surface area contributed by atoms with Gasteiger partial charge in [0.2, 0.25) is 5.56 Å². The lowest BCUT2D eigenvalue weighted by molar-refractivity contribution is 0.0900. The minimum absolute atomic E-state index is 0.0510. The summed E-state index contributed by atoms with van der Waals surface area (Å²) in [5, 5.41) is 3.00. The van der Waals surface area contributed by atoms with Crippen molar-refractivity contribution in [3.63, 3.8) is 0 Å². The highest BCUT2D eigenvalue weighted by Crippen LogP contribution is 2.09. The number of carbonyl (C=O) groups excluding carboxylic acids is 1. The molecule has 2 aromatic rings. The van der Waals surface area contributed by atoms with Crippen LogP contribution in [0.2, 0.25) is 0 Å². The van der Waals surface area contributed by atoms with Crippen LogP contribution in [0.25, 0.3) is 0 Å². The van der Waals surface area contributed by atoms with Crippen LogP contribution in [0.1, 0.15) is 22.8 Å². The molecule has 6 heteroatoms. The van der Waals surface area contributed by atoms with Crippen molar-refractivity contribution in [2.24, 2.45) is 0 Å². The summed E-state index contributed by atoms with van der Waals surface area (Å²) in [5.41, 5.74) is 1.62. The quantitative estimate of drug-likeness (QED) is 0.821. The second kappa shape index (κ2) is 8.78. The van der Waals surface area contributed by atoms with Gasteiger partial charge in [0.15, 0.2) is 0 Å². The summed E-state index contributed by atoms with van der Waals surface area (Å²) in [6, 6.07) is 13.5. The maximum atomic E-state index is 12.2. The molecule has 1 aromatic heterocycles. The van der Waals surface area contributed by atoms with Gasteiger partial charge in [-0.05, 0) is 18.6 Å². The van der Waals surface area contributed by atoms with E-state index in [0.717, 1.165) is 39.3 Å². The van der Waals surface area contributed by atoms with Gasteiger partial charge in [0.1, 0.15) is 0 Å². The number of aromatic amines is 1. The van der Waals surface area contributed by atoms with Gasteiger partial charge in [-0.15, -0.1) is 0 Å². The lowest BCUT2D eigenvalue weighted by Gasteiger charge is -2.36. The SMILES string of the molecule is CC(CN1CCN(Cc2ccccc2)CC1)NC(=O)c1ccc(=O)[nH]c1. The van der Waals surface area contributed by atoms with Crippen molar-refractivity contribution in [2.75, 3.05) is 32.7 Å². The molecule has 1 aliphatic heterocycles. The zero-order valence-corrected chi connectivity index (χ0v) is 15.1. The number of nitrogens with zero attached hydrogens (tertiary/aromatic N) is 2. The molecule has 26 heavy (non-hydrogen) atoms. The van der Waals surface area contributed by atoms with Crippen LogP contribution in [0.5, 0.6) is 0 Å². The van der Waals surface area contributed by atoms with Gasteiger partial charge in [-0.2, -0.15) is 0 Å². The van der Waals surface area contributed by atoms with Crippen LogP contribution in [0.15, 0.2) is 53.5 Å². The van der Waals surface area contributed by atoms with Crippen molar-refractivity contribution in [1.29, 1.82) is 0 Å². The van der Waals surface area contributed by atoms with Crippen LogP contribution in [-0.4, -0.2) is 59.5 Å². The lowest BCUT2D eigenvalue weighted by Crippen LogP contribution is -2.50. The normalized spacial score (nSPS) is 17.0. The summed E-state index contributed by atoms with van der Waals surface area (Å²) in [7, 11) is 0. The number of benzene rings is 1. The molecule has 1 aliphatic rings. The molecule has 3 rings (SSSR count). The highest BCUT2D eigenvalue weighted by molar-refractivity contribution is 5.93. The van der Waals surface area contributed by atoms with Gasteiger partial charge in [0.25, 0.3) is 5.91 Å². The number of amides is 1. The Morgan fingerprint density at radius 2 is 1.77 bits per heavy atom. The fourth-order valence-corrected chi connectivity index (χ4v) is 3.26. The van der Waals surface area contributed by atoms with Gasteiger partial charge in [0.05, 0.1) is 5.56 Å². The highest BCUT2D eigenvalue weighted by Gasteiger charge is 2.19. The Labute approximate surface area is 153 Å². The first kappa shape index (κ1) is 18.4. The first-order chi connectivity index (χ1) is 12.6. The molecule has 0 radical (unpaired) electrons. The number of nitrogens with one attached hydrogen (secondary N) is 2. The summed E-state index contributed by atoms with van der Waals surface area (Å²) < 4.78 is 0. The molecule has 0 aliphatic carbocycles. The van der Waals surface area contributed by atoms with E-state index >= 15 is 0 Å². The van der Waals surface area contributed by atoms with E-state index in [1.807, 2.05) is 13.0 Å². The summed E-state index contributed by atoms with van der Waals surface area (Å²) >= 11 is 0. The summed E-state index contributed by atoms with van der Waals surface area (Å²) in [6.45, 7) is 7.92. The number of piperazine rings is 1. The Balaban J connectivity index is 1.41. The average molecular weight is 354 g/mol. The van der Waals surface area contributed by atoms with Crippen LogP contribution >= 0.6 is 0 Å². The fourth-order valence-electron chi connectivity index (χ4n) is 3.26. The molecule has 1 saturated heterocycles. The maximum Gasteiger partial charge on any atom is 0.253 e. The summed E-state index contributed by atoms with van der Waals surface area (Å²) in [6.07, 6.45) is 1.45. The van der Waals surface area contributed by atoms with E-state index in [-0.39, 0.29) is 17.5 Å². The molecule has 1 fully saturated rings. The third-order valence-electron chi connectivity index (χ3n) is 4.67. The van der Waals surface area contributed by atoms with Crippen molar-refractivity contribution in [1.82, 2.24) is 20.1 Å². The molecule has 2 N–H and O–H groups in total. The zero-order valence-electron chi connectivity index (χ0n) is 15.1. The van der Waals surface area contributed by atoms with E-state index in [1.165, 1.54) is 17.8 Å². The van der Waals surface area contributed by atoms with E-state index < -0.39 is 0 Å². The number of aromatic nitrogens is 1. The molecule has 0 spiro atoms. The molecule has 1 atom stereocenters. The highest BCUT2D eigenvalue weighted by atomic mass is 16.2. The number of rotatable bonds is 6. The minimum atomic E-state index is -0.206. The average Bonchev–Trinajstić information content (AvgIpc) is 2.64. The van der Waals surface area contributed by atoms with Crippen LogP contribution in [-0.2, 0) is 6.54 Å². The van der Waals surface area contributed by atoms with Crippen molar-refractivity contribution < 1.29 is 4.79 Å². The van der Waals surface area contributed by atoms with Crippen molar-refractivity contribution in [3.05, 3.63) is 70.1 Å². The number of H-pyrrole nitrogens is 1. The minimum Gasteiger partial charge on any atom is -0.348 e. The number of pyridine rings is 1. The molecule has 138 valence electrons. The smallest absolute Gasteiger partial charge is 0.253 e. The molecule has 0 saturated carbocycles. The zero-order chi connectivity index (χ0) is 18.4. The second-order valence-electron chi connectivity index (χ2n) is 6.88. The maximum absolute atomic E-state index is 12.2. The van der Waals surface area contributed by atoms with Gasteiger partial charge in [-0.25, -0.2) is 0 Å². The summed E-state index contributed by atoms with van der Waals surface area (Å²) in [4.78, 5) is 30.7. The fraction of sp³-hybridized carbons (Fsp3) is 0.400. The molecule has 0 bridgehead atoms. The van der Waals surface area contributed by atoms with E-state index in [1.54, 1.807) is 6.07 Å². The van der Waals surface area contributed by atoms with Crippen molar-refractivity contribution >= 4 is 5.91 Å². The first-order valence-electron chi connectivity index (χ1n) is 9.08. The number of hydrogen-bond acceptors (Lipinski definition) is 4. The van der Waals surface area contributed by atoms with E-state index in [2.05, 4.69) is 44.4 Å². The Bertz CT molecular complexity index is 746. The molecule has 6 nitrogen and oxygen atoms in total. The Morgan fingerprint density at radius 1 is 1.08 bits per heavy atom. The second-order valence-corrected chi connectivity index (χ2v) is 6.88. The monoisotopic (exact) mass is 354 g/mol. The standard InChI is InChI=1S/C20H26N4O2/c1-16(22-20(26)18-7-8-19(25)21-13-18)14-23-9-11-24(12-10-23)15-17-5-3-2-4-6-17/h2-8,13,16H,9-12,14-15H2,1H3,(H,21,25)(H,22,26). The van der Waals surface area contributed by atoms with Crippen molar-refractivity contribution in [2.45, 2.75) is 19.5 Å². The first-order valence-corrected chi connectivity index (χ1v) is 9.08. The Kier molecular flexibility index (Phi) is 6.20. The van der Waals surface area contributed by atoms with Gasteiger partial charge < -0.3 is 10.3 Å². The molecular weight excluding hydrogens is 328 g/mol. The van der Waals surface area contributed by atoms with Gasteiger partial charge >= 0.3 is 0 Å². The van der Waals surface area contributed by atoms with Crippen LogP contribution in [0, 0.1) is 0 Å². The van der Waals surface area contributed by atoms with Crippen molar-refractivity contribution in [3.8, 4) is 0 Å². The lowest BCUT2D eigenvalue weighted by atomic mass is 10.2. The van der Waals surface area contributed by atoms with E-state index in [4.69, 9.17) is 0 Å². The van der Waals surface area contributed by atoms with Crippen LogP contribution < -0.4 is 10.9 Å². The molecule has 1 amide bonds. The largest absolute Gasteiger partial charge is 0.348 e. The summed E-state index contributed by atoms with van der Waals surface area (Å²) in [5.74, 6) is -0.156. The topological polar surface area (TPSA) is 68.4 Å². The molecule has 1 aromatic carbocycles. The van der Waals surface area contributed by atoms with Crippen LogP contribution in [0.4, 0.5) is 0 Å². The van der Waals surface area contributed by atoms with Gasteiger partial charge in [0, 0.05) is 57.6 Å². The predicted octanol–water partition coefficient (Wildman–Crippen LogP) is 1.31. The van der Waals surface area contributed by atoms with Crippen LogP contribution in [0.3, 0.4) is 0 Å². The molecular formula is C20H26N4O2. The number of hydrogen-bond donors (Lipinski definition) is 2. The van der Waals surface area contributed by atoms with E-state index in [9.17, 15) is 9.59 Å². The molecule has 2 heterocycles. The Morgan fingerprint density at radius 3 is 2.42 bits per heavy atom. The third-order valence-corrected chi connectivity index (χ3v) is 4.67. The molecule has 1 unspecified atom stereocenters.